The van der Waals surface area contributed by atoms with Gasteiger partial charge in [-0.15, -0.1) is 10.2 Å². The number of rotatable bonds is 9. The van der Waals surface area contributed by atoms with Gasteiger partial charge in [-0.2, -0.15) is 10.3 Å². The van der Waals surface area contributed by atoms with Gasteiger partial charge in [0.1, 0.15) is 5.69 Å². The van der Waals surface area contributed by atoms with Crippen LogP contribution in [0.5, 0.6) is 0 Å². The molecule has 0 bridgehead atoms. The number of ketones is 1. The number of tetrazole rings is 1. The van der Waals surface area contributed by atoms with Crippen LogP contribution in [-0.2, 0) is 11.2 Å². The van der Waals surface area contributed by atoms with Crippen LogP contribution < -0.4 is 0 Å². The van der Waals surface area contributed by atoms with E-state index >= 15 is 0 Å². The number of hydrogen-bond acceptors (Lipinski definition) is 6. The third-order valence-corrected chi connectivity index (χ3v) is 5.69. The van der Waals surface area contributed by atoms with E-state index < -0.39 is 0 Å². The van der Waals surface area contributed by atoms with Crippen molar-refractivity contribution >= 4 is 23.3 Å². The van der Waals surface area contributed by atoms with Gasteiger partial charge in [-0.1, -0.05) is 48.7 Å². The Hall–Kier alpha value is -3.07. The van der Waals surface area contributed by atoms with Gasteiger partial charge >= 0.3 is 0 Å². The molecule has 0 saturated carbocycles. The quantitative estimate of drug-likeness (QED) is 0.546. The Morgan fingerprint density at radius 2 is 2.10 bits per heavy atom. The summed E-state index contributed by atoms with van der Waals surface area (Å²) in [6.45, 7) is 2.68. The van der Waals surface area contributed by atoms with Crippen molar-refractivity contribution in [1.82, 2.24) is 35.3 Å². The average molecular weight is 442 g/mol. The Morgan fingerprint density at radius 1 is 1.29 bits per heavy atom. The summed E-state index contributed by atoms with van der Waals surface area (Å²) in [5.41, 5.74) is 2.14. The molecule has 0 aliphatic carbocycles. The van der Waals surface area contributed by atoms with Gasteiger partial charge in [0.05, 0.1) is 18.3 Å². The van der Waals surface area contributed by atoms with Crippen molar-refractivity contribution in [3.63, 3.8) is 0 Å². The van der Waals surface area contributed by atoms with Crippen LogP contribution in [0.25, 0.3) is 11.3 Å². The molecule has 1 N–H and O–H groups in total. The summed E-state index contributed by atoms with van der Waals surface area (Å²) in [7, 11) is 0. The van der Waals surface area contributed by atoms with Crippen LogP contribution in [0.15, 0.2) is 30.3 Å². The number of halogens is 1. The van der Waals surface area contributed by atoms with Crippen LogP contribution in [0.4, 0.5) is 0 Å². The van der Waals surface area contributed by atoms with Crippen LogP contribution in [0.3, 0.4) is 0 Å². The molecule has 4 rings (SSSR count). The highest BCUT2D eigenvalue weighted by molar-refractivity contribution is 6.30. The number of carbonyl (C=O) groups is 2. The van der Waals surface area contributed by atoms with Crippen molar-refractivity contribution < 1.29 is 9.59 Å². The number of unbranched alkanes of at least 4 members (excludes halogenated alkanes) is 1. The smallest absolute Gasteiger partial charge is 0.272 e. The lowest BCUT2D eigenvalue weighted by Gasteiger charge is -2.33. The molecule has 31 heavy (non-hydrogen) atoms. The number of Topliss-reactive ketones (excluding diaryl/α,β-unsaturated/α-hetero) is 1. The zero-order valence-electron chi connectivity index (χ0n) is 17.3. The molecule has 1 aromatic carbocycles. The Balaban J connectivity index is 1.53. The van der Waals surface area contributed by atoms with Gasteiger partial charge in [0.15, 0.2) is 11.6 Å². The molecule has 1 amide bonds. The zero-order chi connectivity index (χ0) is 21.8. The molecule has 1 aliphatic rings. The highest BCUT2D eigenvalue weighted by Gasteiger charge is 2.33. The normalized spacial score (nSPS) is 15.9. The van der Waals surface area contributed by atoms with E-state index in [1.165, 1.54) is 0 Å². The Morgan fingerprint density at radius 3 is 2.81 bits per heavy atom. The molecule has 3 aromatic rings. The van der Waals surface area contributed by atoms with Crippen molar-refractivity contribution in [3.05, 3.63) is 46.9 Å². The van der Waals surface area contributed by atoms with Crippen molar-refractivity contribution in [1.29, 1.82) is 0 Å². The van der Waals surface area contributed by atoms with Gasteiger partial charge in [-0.05, 0) is 24.6 Å². The van der Waals surface area contributed by atoms with E-state index in [1.54, 1.807) is 23.1 Å². The van der Waals surface area contributed by atoms with E-state index in [0.29, 0.717) is 29.5 Å². The highest BCUT2D eigenvalue weighted by Crippen LogP contribution is 2.29. The summed E-state index contributed by atoms with van der Waals surface area (Å²) in [6.07, 6.45) is 3.63. The molecule has 1 atom stereocenters. The molecule has 2 aromatic heterocycles. The van der Waals surface area contributed by atoms with E-state index in [1.807, 2.05) is 16.8 Å². The molecule has 3 heterocycles. The number of aromatic amines is 1. The van der Waals surface area contributed by atoms with Gasteiger partial charge < -0.3 is 4.90 Å². The van der Waals surface area contributed by atoms with Gasteiger partial charge in [-0.3, -0.25) is 14.3 Å². The minimum absolute atomic E-state index is 0.0294. The third kappa shape index (κ3) is 4.82. The first kappa shape index (κ1) is 21.2. The first-order chi connectivity index (χ1) is 15.0. The first-order valence-electron chi connectivity index (χ1n) is 10.4. The molecule has 0 saturated heterocycles. The molecule has 0 fully saturated rings. The van der Waals surface area contributed by atoms with E-state index in [-0.39, 0.29) is 30.7 Å². The highest BCUT2D eigenvalue weighted by atomic mass is 35.5. The number of nitrogens with zero attached hydrogens (tertiary/aromatic N) is 6. The minimum atomic E-state index is -0.173. The maximum absolute atomic E-state index is 13.2. The van der Waals surface area contributed by atoms with Crippen LogP contribution in [0.1, 0.15) is 55.0 Å². The standard InChI is InChI=1S/C21H24ClN7O2/c1-2-3-4-16-12-28(13-17(30)9-10-20-23-26-27-24-20)21(31)19-11-18(25-29(16)19)14-5-7-15(22)8-6-14/h5-8,11,16H,2-4,9-10,12-13H2,1H3,(H,23,24,26,27). The number of hydrogen-bond donors (Lipinski definition) is 1. The SMILES string of the molecule is CCCCC1CN(CC(=O)CCc2nn[nH]n2)C(=O)c2cc(-c3ccc(Cl)cc3)nn21. The average Bonchev–Trinajstić information content (AvgIpc) is 3.44. The number of carbonyl (C=O) groups excluding carboxylic acids is 2. The van der Waals surface area contributed by atoms with Gasteiger partial charge in [0.2, 0.25) is 0 Å². The molecular weight excluding hydrogens is 418 g/mol. The molecule has 10 heteroatoms. The second-order valence-electron chi connectivity index (χ2n) is 7.71. The summed E-state index contributed by atoms with van der Waals surface area (Å²) in [5, 5.41) is 19.0. The summed E-state index contributed by atoms with van der Waals surface area (Å²) >= 11 is 6.00. The zero-order valence-corrected chi connectivity index (χ0v) is 18.0. The predicted molar refractivity (Wildman–Crippen MR) is 115 cm³/mol. The summed E-state index contributed by atoms with van der Waals surface area (Å²) in [6, 6.07) is 9.24. The monoisotopic (exact) mass is 441 g/mol. The molecule has 0 spiro atoms. The number of nitrogens with one attached hydrogen (secondary N) is 1. The minimum Gasteiger partial charge on any atom is -0.328 e. The summed E-state index contributed by atoms with van der Waals surface area (Å²) in [5.74, 6) is 0.288. The number of aromatic nitrogens is 6. The Kier molecular flexibility index (Phi) is 6.41. The van der Waals surface area contributed by atoms with Crippen molar-refractivity contribution in [2.24, 2.45) is 0 Å². The second kappa shape index (κ2) is 9.38. The molecule has 1 unspecified atom stereocenters. The number of H-pyrrole nitrogens is 1. The number of fused-ring (bicyclic) bond motifs is 1. The summed E-state index contributed by atoms with van der Waals surface area (Å²) < 4.78 is 1.84. The number of benzene rings is 1. The third-order valence-electron chi connectivity index (χ3n) is 5.43. The van der Waals surface area contributed by atoms with Gasteiger partial charge in [-0.25, -0.2) is 0 Å². The second-order valence-corrected chi connectivity index (χ2v) is 8.15. The van der Waals surface area contributed by atoms with E-state index in [0.717, 1.165) is 30.5 Å². The number of amides is 1. The van der Waals surface area contributed by atoms with Crippen LogP contribution in [0.2, 0.25) is 5.02 Å². The van der Waals surface area contributed by atoms with Crippen LogP contribution in [-0.4, -0.2) is 60.1 Å². The van der Waals surface area contributed by atoms with Crippen LogP contribution in [0, 0.1) is 0 Å². The summed E-state index contributed by atoms with van der Waals surface area (Å²) in [4.78, 5) is 27.3. The molecule has 0 radical (unpaired) electrons. The van der Waals surface area contributed by atoms with Crippen molar-refractivity contribution in [2.45, 2.75) is 45.1 Å². The van der Waals surface area contributed by atoms with Gasteiger partial charge in [0.25, 0.3) is 5.91 Å². The maximum atomic E-state index is 13.2. The lowest BCUT2D eigenvalue weighted by Crippen LogP contribution is -2.45. The van der Waals surface area contributed by atoms with E-state index in [2.05, 4.69) is 27.5 Å². The maximum Gasteiger partial charge on any atom is 0.272 e. The lowest BCUT2D eigenvalue weighted by molar-refractivity contribution is -0.120. The fourth-order valence-corrected chi connectivity index (χ4v) is 3.92. The largest absolute Gasteiger partial charge is 0.328 e. The van der Waals surface area contributed by atoms with E-state index in [4.69, 9.17) is 16.7 Å². The Labute approximate surface area is 184 Å². The first-order valence-corrected chi connectivity index (χ1v) is 10.8. The molecule has 9 nitrogen and oxygen atoms in total. The topological polar surface area (TPSA) is 110 Å². The van der Waals surface area contributed by atoms with Gasteiger partial charge in [0, 0.05) is 30.0 Å². The van der Waals surface area contributed by atoms with E-state index in [9.17, 15) is 9.59 Å². The predicted octanol–water partition coefficient (Wildman–Crippen LogP) is 3.11. The lowest BCUT2D eigenvalue weighted by atomic mass is 10.1. The Bertz CT molecular complexity index is 1050. The van der Waals surface area contributed by atoms with Crippen molar-refractivity contribution in [3.8, 4) is 11.3 Å². The fourth-order valence-electron chi connectivity index (χ4n) is 3.79. The molecule has 162 valence electrons. The van der Waals surface area contributed by atoms with Crippen LogP contribution >= 0.6 is 11.6 Å². The molecule has 1 aliphatic heterocycles. The molecular formula is C21H24ClN7O2. The van der Waals surface area contributed by atoms with Crippen molar-refractivity contribution in [2.75, 3.05) is 13.1 Å². The number of aryl methyl sites for hydroxylation is 1. The fraction of sp³-hybridized carbons (Fsp3) is 0.429.